The van der Waals surface area contributed by atoms with E-state index in [2.05, 4.69) is 27.6 Å². The molecule has 1 aromatic heterocycles. The summed E-state index contributed by atoms with van der Waals surface area (Å²) in [6, 6.07) is 0. The summed E-state index contributed by atoms with van der Waals surface area (Å²) in [5.41, 5.74) is 4.92. The van der Waals surface area contributed by atoms with Crippen LogP contribution in [0.4, 0.5) is 0 Å². The molecular formula is C3H5N4NaOS. The van der Waals surface area contributed by atoms with E-state index >= 15 is 0 Å². The Labute approximate surface area is 85.1 Å². The van der Waals surface area contributed by atoms with E-state index in [4.69, 9.17) is 5.73 Å². The number of rotatable bonds is 1. The van der Waals surface area contributed by atoms with Crippen LogP contribution in [0.15, 0.2) is 0 Å². The van der Waals surface area contributed by atoms with E-state index in [0.717, 1.165) is 0 Å². The van der Waals surface area contributed by atoms with E-state index in [1.165, 1.54) is 0 Å². The molecule has 50 valence electrons. The number of carbonyl (C=O) groups is 1. The summed E-state index contributed by atoms with van der Waals surface area (Å²) in [7, 11) is 0. The molecule has 4 N–H and O–H groups in total. The number of aromatic amines is 2. The van der Waals surface area contributed by atoms with Crippen LogP contribution < -0.4 is 35.3 Å². The number of primary amides is 1. The molecule has 7 heteroatoms. The molecule has 0 aliphatic carbocycles. The van der Waals surface area contributed by atoms with Gasteiger partial charge in [0.25, 0.3) is 5.91 Å². The predicted molar refractivity (Wildman–Crippen MR) is 33.4 cm³/mol. The smallest absolute Gasteiger partial charge is 1.00 e. The molecule has 1 rings (SSSR count). The van der Waals surface area contributed by atoms with E-state index in [-0.39, 0.29) is 41.3 Å². The summed E-state index contributed by atoms with van der Waals surface area (Å²) >= 11 is 4.61. The zero-order valence-corrected chi connectivity index (χ0v) is 8.16. The Hall–Kier alpha value is -0.170. The first-order chi connectivity index (χ1) is 4.22. The molecular weight excluding hydrogens is 163 g/mol. The summed E-state index contributed by atoms with van der Waals surface area (Å²) in [4.78, 5) is 10.3. The molecule has 0 bridgehead atoms. The molecule has 0 aliphatic heterocycles. The number of carbonyl (C=O) groups excluding carboxylic acids is 1. The first-order valence-corrected chi connectivity index (χ1v) is 2.55. The second kappa shape index (κ2) is 3.87. The fourth-order valence-electron chi connectivity index (χ4n) is 0.412. The van der Waals surface area contributed by atoms with Crippen molar-refractivity contribution in [1.82, 2.24) is 15.4 Å². The summed E-state index contributed by atoms with van der Waals surface area (Å²) in [5.74, 6) is -0.627. The Balaban J connectivity index is 0. The normalized spacial score (nSPS) is 8.40. The van der Waals surface area contributed by atoms with Crippen molar-refractivity contribution >= 4 is 18.1 Å². The maximum Gasteiger partial charge on any atom is 1.00 e. The van der Waals surface area contributed by atoms with Gasteiger partial charge in [0.05, 0.1) is 0 Å². The van der Waals surface area contributed by atoms with Gasteiger partial charge in [0.1, 0.15) is 0 Å². The first kappa shape index (κ1) is 9.83. The molecule has 0 aromatic carbocycles. The fraction of sp³-hybridized carbons (Fsp3) is 0. The Morgan fingerprint density at radius 3 is 2.60 bits per heavy atom. The number of hydrogen-bond donors (Lipinski definition) is 3. The zero-order chi connectivity index (χ0) is 6.85. The molecule has 1 amide bonds. The molecule has 0 fully saturated rings. The molecule has 5 nitrogen and oxygen atoms in total. The van der Waals surface area contributed by atoms with Crippen molar-refractivity contribution in [2.45, 2.75) is 0 Å². The van der Waals surface area contributed by atoms with Crippen molar-refractivity contribution in [2.75, 3.05) is 0 Å². The standard InChI is InChI=1S/C3H4N4OS.Na.H/c4-2(8)1-3(9)6-7-5-1;;/h(H2,4,8)(H2,5,6,7,9);;/q;+1;-1. The summed E-state index contributed by atoms with van der Waals surface area (Å²) in [6.07, 6.45) is 0. The van der Waals surface area contributed by atoms with Gasteiger partial charge in [-0.1, -0.05) is 12.2 Å². The third-order valence-corrected chi connectivity index (χ3v) is 1.08. The van der Waals surface area contributed by atoms with Crippen molar-refractivity contribution in [2.24, 2.45) is 5.73 Å². The van der Waals surface area contributed by atoms with Gasteiger partial charge in [-0.05, 0) is 0 Å². The van der Waals surface area contributed by atoms with Crippen molar-refractivity contribution in [3.63, 3.8) is 0 Å². The number of amides is 1. The maximum atomic E-state index is 10.3. The van der Waals surface area contributed by atoms with Crippen molar-refractivity contribution < 1.29 is 35.8 Å². The monoisotopic (exact) mass is 168 g/mol. The fourth-order valence-corrected chi connectivity index (χ4v) is 0.603. The maximum absolute atomic E-state index is 10.3. The minimum Gasteiger partial charge on any atom is -1.00 e. The van der Waals surface area contributed by atoms with Crippen LogP contribution in [0, 0.1) is 4.64 Å². The van der Waals surface area contributed by atoms with E-state index < -0.39 is 5.91 Å². The van der Waals surface area contributed by atoms with Crippen LogP contribution in [0.1, 0.15) is 11.9 Å². The third kappa shape index (κ3) is 1.91. The van der Waals surface area contributed by atoms with Gasteiger partial charge in [-0.25, -0.2) is 5.21 Å². The molecule has 1 aromatic rings. The first-order valence-electron chi connectivity index (χ1n) is 2.14. The number of nitrogens with zero attached hydrogens (tertiary/aromatic N) is 1. The largest absolute Gasteiger partial charge is 1.00 e. The van der Waals surface area contributed by atoms with Gasteiger partial charge >= 0.3 is 29.6 Å². The second-order valence-corrected chi connectivity index (χ2v) is 1.80. The quantitative estimate of drug-likeness (QED) is 0.303. The van der Waals surface area contributed by atoms with Crippen LogP contribution in [0.3, 0.4) is 0 Å². The summed E-state index contributed by atoms with van der Waals surface area (Å²) < 4.78 is 0.238. The van der Waals surface area contributed by atoms with Gasteiger partial charge in [0.15, 0.2) is 10.3 Å². The van der Waals surface area contributed by atoms with Crippen LogP contribution in [0.25, 0.3) is 0 Å². The number of H-pyrrole nitrogens is 2. The minimum absolute atomic E-state index is 0. The molecule has 0 spiro atoms. The molecule has 0 atom stereocenters. The van der Waals surface area contributed by atoms with Gasteiger partial charge in [-0.15, -0.1) is 0 Å². The van der Waals surface area contributed by atoms with Crippen LogP contribution >= 0.6 is 12.2 Å². The Morgan fingerprint density at radius 1 is 1.80 bits per heavy atom. The molecule has 0 saturated heterocycles. The van der Waals surface area contributed by atoms with E-state index in [9.17, 15) is 4.79 Å². The van der Waals surface area contributed by atoms with Gasteiger partial charge in [-0.2, -0.15) is 5.10 Å². The van der Waals surface area contributed by atoms with E-state index in [0.29, 0.717) is 0 Å². The number of aromatic nitrogens is 3. The Bertz CT molecular complexity index is 283. The van der Waals surface area contributed by atoms with Gasteiger partial charge in [0.2, 0.25) is 0 Å². The average molecular weight is 168 g/mol. The Kier molecular flexibility index (Phi) is 3.80. The van der Waals surface area contributed by atoms with Gasteiger partial charge < -0.3 is 7.16 Å². The second-order valence-electron chi connectivity index (χ2n) is 1.39. The van der Waals surface area contributed by atoms with E-state index in [1.54, 1.807) is 0 Å². The topological polar surface area (TPSA) is 87.6 Å². The van der Waals surface area contributed by atoms with Gasteiger partial charge in [-0.3, -0.25) is 9.89 Å². The SMILES string of the molecule is NC(=O)c1n[nH][nH]c1=S.[H-].[Na+]. The van der Waals surface area contributed by atoms with Crippen LogP contribution in [-0.2, 0) is 0 Å². The van der Waals surface area contributed by atoms with Crippen molar-refractivity contribution in [1.29, 1.82) is 0 Å². The predicted octanol–water partition coefficient (Wildman–Crippen LogP) is -3.32. The third-order valence-electron chi connectivity index (χ3n) is 0.786. The van der Waals surface area contributed by atoms with Crippen LogP contribution in [0.5, 0.6) is 0 Å². The zero-order valence-electron chi connectivity index (χ0n) is 6.34. The van der Waals surface area contributed by atoms with Crippen molar-refractivity contribution in [3.05, 3.63) is 10.3 Å². The number of nitrogens with two attached hydrogens (primary N) is 1. The number of hydrogen-bond acceptors (Lipinski definition) is 3. The summed E-state index contributed by atoms with van der Waals surface area (Å²) in [5, 5.41) is 8.18. The van der Waals surface area contributed by atoms with Crippen LogP contribution in [0.2, 0.25) is 0 Å². The van der Waals surface area contributed by atoms with Gasteiger partial charge in [0, 0.05) is 0 Å². The molecule has 0 saturated carbocycles. The molecule has 1 heterocycles. The van der Waals surface area contributed by atoms with Crippen molar-refractivity contribution in [3.8, 4) is 0 Å². The number of nitrogens with one attached hydrogen (secondary N) is 2. The summed E-state index contributed by atoms with van der Waals surface area (Å²) in [6.45, 7) is 0. The Morgan fingerprint density at radius 2 is 2.40 bits per heavy atom. The van der Waals surface area contributed by atoms with Crippen LogP contribution in [-0.4, -0.2) is 21.3 Å². The molecule has 0 unspecified atom stereocenters. The molecule has 10 heavy (non-hydrogen) atoms. The molecule has 0 radical (unpaired) electrons. The average Bonchev–Trinajstić information content (AvgIpc) is 2.13. The van der Waals surface area contributed by atoms with E-state index in [1.807, 2.05) is 0 Å². The minimum atomic E-state index is -0.627. The molecule has 0 aliphatic rings.